The van der Waals surface area contributed by atoms with Crippen molar-refractivity contribution in [2.75, 3.05) is 45.3 Å². The topological polar surface area (TPSA) is 54.9 Å². The summed E-state index contributed by atoms with van der Waals surface area (Å²) in [7, 11) is 3.92. The summed E-state index contributed by atoms with van der Waals surface area (Å²) in [6, 6.07) is 10.6. The zero-order chi connectivity index (χ0) is 21.7. The third kappa shape index (κ3) is 6.85. The second-order valence-corrected chi connectivity index (χ2v) is 8.62. The number of hydrogen-bond donors (Lipinski definition) is 0. The average molecular weight is 505 g/mol. The van der Waals surface area contributed by atoms with Crippen LogP contribution in [0.1, 0.15) is 6.92 Å². The number of benzene rings is 2. The minimum absolute atomic E-state index is 0. The standard InChI is InChI=1S/C21H23Cl2N3O3S.ClH/c1-4-28-15-6-7-17-19(12-15)30-21(24-17)26(10-9-25(2)3)20(27)13-29-18-8-5-14(22)11-16(18)23;/h5-8,11-12H,4,9-10,13H2,1-3H3;1H. The predicted octanol–water partition coefficient (Wildman–Crippen LogP) is 5.40. The Kier molecular flexibility index (Phi) is 9.65. The van der Waals surface area contributed by atoms with Gasteiger partial charge < -0.3 is 14.4 Å². The largest absolute Gasteiger partial charge is 0.494 e. The van der Waals surface area contributed by atoms with E-state index in [-0.39, 0.29) is 24.9 Å². The van der Waals surface area contributed by atoms with Gasteiger partial charge in [0, 0.05) is 18.1 Å². The Morgan fingerprint density at radius 1 is 1.10 bits per heavy atom. The van der Waals surface area contributed by atoms with E-state index in [1.807, 2.05) is 44.1 Å². The average Bonchev–Trinajstić information content (AvgIpc) is 3.10. The van der Waals surface area contributed by atoms with Crippen LogP contribution in [0, 0.1) is 0 Å². The molecule has 1 heterocycles. The Morgan fingerprint density at radius 3 is 2.55 bits per heavy atom. The summed E-state index contributed by atoms with van der Waals surface area (Å²) in [5, 5.41) is 1.49. The number of aromatic nitrogens is 1. The van der Waals surface area contributed by atoms with E-state index in [0.717, 1.165) is 16.0 Å². The summed E-state index contributed by atoms with van der Waals surface area (Å²) in [5.74, 6) is 0.992. The molecule has 10 heteroatoms. The number of amides is 1. The van der Waals surface area contributed by atoms with Gasteiger partial charge in [0.2, 0.25) is 0 Å². The van der Waals surface area contributed by atoms with Crippen LogP contribution in [0.2, 0.25) is 10.0 Å². The Balaban J connectivity index is 0.00000341. The molecular weight excluding hydrogens is 481 g/mol. The van der Waals surface area contributed by atoms with E-state index in [1.54, 1.807) is 23.1 Å². The fraction of sp³-hybridized carbons (Fsp3) is 0.333. The monoisotopic (exact) mass is 503 g/mol. The maximum absolute atomic E-state index is 13.0. The van der Waals surface area contributed by atoms with Gasteiger partial charge in [-0.25, -0.2) is 4.98 Å². The zero-order valence-corrected chi connectivity index (χ0v) is 20.6. The van der Waals surface area contributed by atoms with E-state index < -0.39 is 0 Å². The van der Waals surface area contributed by atoms with Gasteiger partial charge in [0.25, 0.3) is 5.91 Å². The summed E-state index contributed by atoms with van der Waals surface area (Å²) < 4.78 is 12.2. The molecule has 1 aromatic heterocycles. The molecule has 6 nitrogen and oxygen atoms in total. The van der Waals surface area contributed by atoms with Crippen LogP contribution in [0.4, 0.5) is 5.13 Å². The van der Waals surface area contributed by atoms with Crippen LogP contribution < -0.4 is 14.4 Å². The van der Waals surface area contributed by atoms with Gasteiger partial charge >= 0.3 is 0 Å². The first kappa shape index (κ1) is 25.5. The SMILES string of the molecule is CCOc1ccc2nc(N(CCN(C)C)C(=O)COc3ccc(Cl)cc3Cl)sc2c1.Cl. The second-order valence-electron chi connectivity index (χ2n) is 6.77. The quantitative estimate of drug-likeness (QED) is 0.391. The number of anilines is 1. The molecule has 0 aliphatic carbocycles. The maximum atomic E-state index is 13.0. The molecule has 0 aliphatic rings. The highest BCUT2D eigenvalue weighted by atomic mass is 35.5. The number of carbonyl (C=O) groups is 1. The second kappa shape index (κ2) is 11.7. The van der Waals surface area contributed by atoms with Crippen molar-refractivity contribution >= 4 is 68.2 Å². The van der Waals surface area contributed by atoms with E-state index in [9.17, 15) is 4.79 Å². The Labute approximate surface area is 202 Å². The Morgan fingerprint density at radius 2 is 1.87 bits per heavy atom. The molecule has 1 amide bonds. The van der Waals surface area contributed by atoms with Crippen molar-refractivity contribution in [2.24, 2.45) is 0 Å². The van der Waals surface area contributed by atoms with Gasteiger partial charge in [-0.15, -0.1) is 12.4 Å². The highest BCUT2D eigenvalue weighted by Gasteiger charge is 2.21. The number of nitrogens with zero attached hydrogens (tertiary/aromatic N) is 3. The number of likely N-dealkylation sites (N-methyl/N-ethyl adjacent to an activating group) is 1. The number of fused-ring (bicyclic) bond motifs is 1. The minimum Gasteiger partial charge on any atom is -0.494 e. The lowest BCUT2D eigenvalue weighted by atomic mass is 10.3. The van der Waals surface area contributed by atoms with Crippen LogP contribution in [0.25, 0.3) is 10.2 Å². The van der Waals surface area contributed by atoms with Crippen LogP contribution in [0.5, 0.6) is 11.5 Å². The summed E-state index contributed by atoms with van der Waals surface area (Å²) in [5.41, 5.74) is 0.822. The number of thiazole rings is 1. The zero-order valence-electron chi connectivity index (χ0n) is 17.4. The maximum Gasteiger partial charge on any atom is 0.266 e. The Hall–Kier alpha value is -1.77. The van der Waals surface area contributed by atoms with Crippen molar-refractivity contribution in [1.29, 1.82) is 0 Å². The number of rotatable bonds is 9. The fourth-order valence-corrected chi connectivity index (χ4v) is 4.20. The third-order valence-electron chi connectivity index (χ3n) is 4.21. The van der Waals surface area contributed by atoms with Crippen molar-refractivity contribution in [3.05, 3.63) is 46.4 Å². The summed E-state index contributed by atoms with van der Waals surface area (Å²) >= 11 is 13.5. The summed E-state index contributed by atoms with van der Waals surface area (Å²) in [6.45, 7) is 3.55. The van der Waals surface area contributed by atoms with Gasteiger partial charge in [-0.05, 0) is 57.4 Å². The molecule has 0 saturated heterocycles. The van der Waals surface area contributed by atoms with Crippen LogP contribution in [0.15, 0.2) is 36.4 Å². The van der Waals surface area contributed by atoms with Gasteiger partial charge in [0.1, 0.15) is 11.5 Å². The molecule has 168 valence electrons. The van der Waals surface area contributed by atoms with Crippen molar-refractivity contribution < 1.29 is 14.3 Å². The first-order valence-corrected chi connectivity index (χ1v) is 11.0. The van der Waals surface area contributed by atoms with E-state index in [4.69, 9.17) is 32.7 Å². The molecule has 0 spiro atoms. The minimum atomic E-state index is -0.202. The molecule has 0 radical (unpaired) electrons. The van der Waals surface area contributed by atoms with Gasteiger partial charge in [-0.3, -0.25) is 9.69 Å². The molecule has 0 aliphatic heterocycles. The number of carbonyl (C=O) groups excluding carboxylic acids is 1. The van der Waals surface area contributed by atoms with Crippen molar-refractivity contribution in [3.63, 3.8) is 0 Å². The lowest BCUT2D eigenvalue weighted by Gasteiger charge is -2.22. The van der Waals surface area contributed by atoms with Crippen molar-refractivity contribution in [3.8, 4) is 11.5 Å². The number of halogens is 3. The van der Waals surface area contributed by atoms with Gasteiger partial charge in [-0.2, -0.15) is 0 Å². The van der Waals surface area contributed by atoms with Gasteiger partial charge in [-0.1, -0.05) is 34.5 Å². The van der Waals surface area contributed by atoms with Gasteiger partial charge in [0.05, 0.1) is 21.8 Å². The molecule has 3 aromatic rings. The third-order valence-corrected chi connectivity index (χ3v) is 5.78. The summed E-state index contributed by atoms with van der Waals surface area (Å²) in [4.78, 5) is 21.3. The fourth-order valence-electron chi connectivity index (χ4n) is 2.70. The summed E-state index contributed by atoms with van der Waals surface area (Å²) in [6.07, 6.45) is 0. The molecule has 3 rings (SSSR count). The first-order valence-electron chi connectivity index (χ1n) is 9.43. The lowest BCUT2D eigenvalue weighted by molar-refractivity contribution is -0.120. The predicted molar refractivity (Wildman–Crippen MR) is 131 cm³/mol. The molecule has 0 bridgehead atoms. The lowest BCUT2D eigenvalue weighted by Crippen LogP contribution is -2.39. The molecule has 0 atom stereocenters. The molecule has 0 N–H and O–H groups in total. The first-order chi connectivity index (χ1) is 14.4. The smallest absolute Gasteiger partial charge is 0.266 e. The molecule has 31 heavy (non-hydrogen) atoms. The molecule has 0 saturated carbocycles. The molecular formula is C21H24Cl3N3O3S. The van der Waals surface area contributed by atoms with E-state index >= 15 is 0 Å². The van der Waals surface area contributed by atoms with Crippen LogP contribution in [0.3, 0.4) is 0 Å². The van der Waals surface area contributed by atoms with Gasteiger partial charge in [0.15, 0.2) is 11.7 Å². The van der Waals surface area contributed by atoms with Crippen molar-refractivity contribution in [2.45, 2.75) is 6.92 Å². The van der Waals surface area contributed by atoms with E-state index in [2.05, 4.69) is 4.98 Å². The van der Waals surface area contributed by atoms with E-state index in [1.165, 1.54) is 11.3 Å². The normalized spacial score (nSPS) is 10.8. The number of hydrogen-bond acceptors (Lipinski definition) is 6. The Bertz CT molecular complexity index is 1030. The molecule has 0 fully saturated rings. The van der Waals surface area contributed by atoms with Crippen LogP contribution >= 0.6 is 46.9 Å². The van der Waals surface area contributed by atoms with Crippen molar-refractivity contribution in [1.82, 2.24) is 9.88 Å². The highest BCUT2D eigenvalue weighted by Crippen LogP contribution is 2.32. The van der Waals surface area contributed by atoms with Crippen LogP contribution in [-0.4, -0.2) is 56.2 Å². The molecule has 2 aromatic carbocycles. The molecule has 0 unspecified atom stereocenters. The highest BCUT2D eigenvalue weighted by molar-refractivity contribution is 7.22. The van der Waals surface area contributed by atoms with Crippen LogP contribution in [-0.2, 0) is 4.79 Å². The number of ether oxygens (including phenoxy) is 2. The van der Waals surface area contributed by atoms with E-state index in [0.29, 0.717) is 40.6 Å².